The second-order valence-corrected chi connectivity index (χ2v) is 6.50. The van der Waals surface area contributed by atoms with E-state index in [1.807, 2.05) is 0 Å². The second kappa shape index (κ2) is 8.31. The third-order valence-corrected chi connectivity index (χ3v) is 4.12. The summed E-state index contributed by atoms with van der Waals surface area (Å²) >= 11 is 0. The van der Waals surface area contributed by atoms with E-state index in [1.54, 1.807) is 0 Å². The van der Waals surface area contributed by atoms with Crippen LogP contribution in [0.4, 0.5) is 5.69 Å². The number of unbranched alkanes of at least 4 members (excludes halogenated alkanes) is 3. The number of nitrogens with one attached hydrogen (secondary N) is 2. The van der Waals surface area contributed by atoms with Gasteiger partial charge in [-0.2, -0.15) is 0 Å². The highest BCUT2D eigenvalue weighted by Crippen LogP contribution is 2.24. The van der Waals surface area contributed by atoms with Gasteiger partial charge in [0.25, 0.3) is 0 Å². The number of hydrogen-bond acceptors (Lipinski definition) is 2. The molecule has 0 radical (unpaired) electrons. The van der Waals surface area contributed by atoms with Gasteiger partial charge in [-0.15, -0.1) is 0 Å². The maximum absolute atomic E-state index is 3.60. The minimum Gasteiger partial charge on any atom is -0.380 e. The van der Waals surface area contributed by atoms with Crippen molar-refractivity contribution in [3.63, 3.8) is 0 Å². The average Bonchev–Trinajstić information content (AvgIpc) is 2.84. The zero-order valence-electron chi connectivity index (χ0n) is 13.1. The summed E-state index contributed by atoms with van der Waals surface area (Å²) in [6, 6.07) is 9.24. The van der Waals surface area contributed by atoms with Crippen LogP contribution in [0, 0.1) is 5.92 Å². The molecule has 0 bridgehead atoms. The van der Waals surface area contributed by atoms with E-state index in [0.29, 0.717) is 6.04 Å². The van der Waals surface area contributed by atoms with Crippen LogP contribution in [0.3, 0.4) is 0 Å². The highest BCUT2D eigenvalue weighted by molar-refractivity contribution is 5.56. The first-order valence-electron chi connectivity index (χ1n) is 8.31. The van der Waals surface area contributed by atoms with Crippen LogP contribution < -0.4 is 10.6 Å². The van der Waals surface area contributed by atoms with Gasteiger partial charge in [-0.05, 0) is 36.9 Å². The fourth-order valence-electron chi connectivity index (χ4n) is 2.93. The predicted molar refractivity (Wildman–Crippen MR) is 88.3 cm³/mol. The Labute approximate surface area is 124 Å². The summed E-state index contributed by atoms with van der Waals surface area (Å²) < 4.78 is 0. The van der Waals surface area contributed by atoms with Crippen LogP contribution >= 0.6 is 0 Å². The van der Waals surface area contributed by atoms with Gasteiger partial charge >= 0.3 is 0 Å². The zero-order valence-corrected chi connectivity index (χ0v) is 13.1. The van der Waals surface area contributed by atoms with E-state index in [9.17, 15) is 0 Å². The van der Waals surface area contributed by atoms with Crippen LogP contribution in [0.25, 0.3) is 0 Å². The Balaban J connectivity index is 1.47. The van der Waals surface area contributed by atoms with Crippen LogP contribution in [0.15, 0.2) is 24.3 Å². The summed E-state index contributed by atoms with van der Waals surface area (Å²) in [4.78, 5) is 0. The molecule has 2 N–H and O–H groups in total. The molecule has 20 heavy (non-hydrogen) atoms. The largest absolute Gasteiger partial charge is 0.380 e. The van der Waals surface area contributed by atoms with Gasteiger partial charge in [-0.25, -0.2) is 0 Å². The summed E-state index contributed by atoms with van der Waals surface area (Å²) in [5.74, 6) is 0.864. The monoisotopic (exact) mass is 274 g/mol. The number of rotatable bonds is 9. The fraction of sp³-hybridized carbons (Fsp3) is 0.667. The third kappa shape index (κ3) is 5.16. The lowest BCUT2D eigenvalue weighted by Crippen LogP contribution is -2.31. The van der Waals surface area contributed by atoms with Gasteiger partial charge in [-0.3, -0.25) is 0 Å². The molecule has 1 aromatic carbocycles. The summed E-state index contributed by atoms with van der Waals surface area (Å²) in [6.45, 7) is 6.87. The van der Waals surface area contributed by atoms with Crippen molar-refractivity contribution in [2.75, 3.05) is 18.4 Å². The van der Waals surface area contributed by atoms with Crippen molar-refractivity contribution in [2.24, 2.45) is 5.92 Å². The van der Waals surface area contributed by atoms with E-state index in [0.717, 1.165) is 25.4 Å². The van der Waals surface area contributed by atoms with Gasteiger partial charge in [0.05, 0.1) is 0 Å². The summed E-state index contributed by atoms with van der Waals surface area (Å²) in [7, 11) is 0. The molecule has 112 valence electrons. The predicted octanol–water partition coefficient (Wildman–Crippen LogP) is 4.22. The quantitative estimate of drug-likeness (QED) is 0.659. The Morgan fingerprint density at radius 3 is 2.75 bits per heavy atom. The van der Waals surface area contributed by atoms with Crippen molar-refractivity contribution >= 4 is 5.69 Å². The molecule has 1 aliphatic heterocycles. The molecule has 0 amide bonds. The van der Waals surface area contributed by atoms with Crippen molar-refractivity contribution in [1.82, 2.24) is 5.32 Å². The first-order chi connectivity index (χ1) is 9.75. The van der Waals surface area contributed by atoms with Crippen LogP contribution in [0.2, 0.25) is 0 Å². The minimum absolute atomic E-state index is 0.577. The SMILES string of the molecule is CC(C)CCCCCCNCC1Cc2ccccc2N1. The first kappa shape index (κ1) is 15.4. The highest BCUT2D eigenvalue weighted by Gasteiger charge is 2.18. The smallest absolute Gasteiger partial charge is 0.0427 e. The Bertz CT molecular complexity index is 362. The molecular weight excluding hydrogens is 244 g/mol. The molecule has 0 aromatic heterocycles. The molecule has 0 saturated carbocycles. The molecular formula is C18H30N2. The summed E-state index contributed by atoms with van der Waals surface area (Å²) in [5.41, 5.74) is 2.79. The topological polar surface area (TPSA) is 24.1 Å². The maximum atomic E-state index is 3.60. The molecule has 0 aliphatic carbocycles. The number of anilines is 1. The van der Waals surface area contributed by atoms with Crippen molar-refractivity contribution in [2.45, 2.75) is 58.4 Å². The number of fused-ring (bicyclic) bond motifs is 1. The van der Waals surface area contributed by atoms with Crippen LogP contribution in [-0.2, 0) is 6.42 Å². The van der Waals surface area contributed by atoms with E-state index in [2.05, 4.69) is 48.7 Å². The van der Waals surface area contributed by atoms with Crippen LogP contribution in [-0.4, -0.2) is 19.1 Å². The third-order valence-electron chi connectivity index (χ3n) is 4.12. The van der Waals surface area contributed by atoms with E-state index >= 15 is 0 Å². The molecule has 2 rings (SSSR count). The molecule has 1 aromatic rings. The highest BCUT2D eigenvalue weighted by atomic mass is 15.0. The normalized spacial score (nSPS) is 17.2. The van der Waals surface area contributed by atoms with Crippen LogP contribution in [0.1, 0.15) is 51.5 Å². The number of benzene rings is 1. The van der Waals surface area contributed by atoms with Crippen molar-refractivity contribution in [3.05, 3.63) is 29.8 Å². The molecule has 0 spiro atoms. The molecule has 0 fully saturated rings. The van der Waals surface area contributed by atoms with Crippen molar-refractivity contribution < 1.29 is 0 Å². The molecule has 2 nitrogen and oxygen atoms in total. The average molecular weight is 274 g/mol. The van der Waals surface area contributed by atoms with Gasteiger partial charge in [0.15, 0.2) is 0 Å². The lowest BCUT2D eigenvalue weighted by atomic mass is 10.0. The fourth-order valence-corrected chi connectivity index (χ4v) is 2.93. The van der Waals surface area contributed by atoms with Gasteiger partial charge in [0, 0.05) is 18.3 Å². The Kier molecular flexibility index (Phi) is 6.38. The Hall–Kier alpha value is -1.02. The lowest BCUT2D eigenvalue weighted by Gasteiger charge is -2.12. The summed E-state index contributed by atoms with van der Waals surface area (Å²) in [6.07, 6.45) is 8.04. The maximum Gasteiger partial charge on any atom is 0.0427 e. The van der Waals surface area contributed by atoms with Crippen molar-refractivity contribution in [3.8, 4) is 0 Å². The Morgan fingerprint density at radius 2 is 1.95 bits per heavy atom. The van der Waals surface area contributed by atoms with Crippen LogP contribution in [0.5, 0.6) is 0 Å². The minimum atomic E-state index is 0.577. The zero-order chi connectivity index (χ0) is 14.2. The van der Waals surface area contributed by atoms with E-state index in [4.69, 9.17) is 0 Å². The number of hydrogen-bond donors (Lipinski definition) is 2. The molecule has 0 saturated heterocycles. The molecule has 1 atom stereocenters. The van der Waals surface area contributed by atoms with Gasteiger partial charge in [-0.1, -0.05) is 57.7 Å². The van der Waals surface area contributed by atoms with E-state index < -0.39 is 0 Å². The Morgan fingerprint density at radius 1 is 1.15 bits per heavy atom. The van der Waals surface area contributed by atoms with Crippen molar-refractivity contribution in [1.29, 1.82) is 0 Å². The molecule has 1 heterocycles. The van der Waals surface area contributed by atoms with E-state index in [1.165, 1.54) is 43.4 Å². The summed E-state index contributed by atoms with van der Waals surface area (Å²) in [5, 5.41) is 7.19. The van der Waals surface area contributed by atoms with Gasteiger partial charge in [0.1, 0.15) is 0 Å². The van der Waals surface area contributed by atoms with E-state index in [-0.39, 0.29) is 0 Å². The van der Waals surface area contributed by atoms with Gasteiger partial charge in [0.2, 0.25) is 0 Å². The second-order valence-electron chi connectivity index (χ2n) is 6.50. The lowest BCUT2D eigenvalue weighted by molar-refractivity contribution is 0.509. The first-order valence-corrected chi connectivity index (χ1v) is 8.31. The molecule has 1 unspecified atom stereocenters. The van der Waals surface area contributed by atoms with Gasteiger partial charge < -0.3 is 10.6 Å². The molecule has 1 aliphatic rings. The molecule has 2 heteroatoms. The number of para-hydroxylation sites is 1. The standard InChI is InChI=1S/C18H30N2/c1-15(2)9-5-3-4-8-12-19-14-17-13-16-10-6-7-11-18(16)20-17/h6-7,10-11,15,17,19-20H,3-5,8-9,12-14H2,1-2H3.